The molecular formula is C60H40F6N4. The molecule has 0 saturated heterocycles. The largest absolute Gasteiger partial charge is 0.256 e. The fourth-order valence-corrected chi connectivity index (χ4v) is 8.68. The molecule has 0 saturated carbocycles. The lowest BCUT2D eigenvalue weighted by molar-refractivity contribution is 0.575. The number of hydrogen-bond donors (Lipinski definition) is 0. The molecule has 10 heteroatoms. The first-order valence-electron chi connectivity index (χ1n) is 22.6. The second-order valence-corrected chi connectivity index (χ2v) is 17.0. The number of aryl methyl sites for hydroxylation is 4. The number of halogens is 6. The van der Waals surface area contributed by atoms with Gasteiger partial charge in [-0.05, 0) is 154 Å². The molecule has 0 radical (unpaired) electrons. The molecule has 0 aliphatic heterocycles. The van der Waals surface area contributed by atoms with Crippen LogP contribution in [0, 0.1) is 34.9 Å². The van der Waals surface area contributed by atoms with Crippen LogP contribution in [0.2, 0.25) is 0 Å². The lowest BCUT2D eigenvalue weighted by Gasteiger charge is -2.18. The first-order valence-corrected chi connectivity index (χ1v) is 22.6. The lowest BCUT2D eigenvalue weighted by Crippen LogP contribution is -2.00. The molecule has 0 amide bonds. The SMILES string of the molecule is Fc1ccc(-c2cc(-c3ccc(-c4ccccc4)cc3)c(-c3ccc(F)cc3-c3cc(CCc4ccc(-c5ccc(F)cc5F)nc4)cc(CCc4ccc(-c5ncc(F)cc5F)nc4)c3)cn2)cc1. The van der Waals surface area contributed by atoms with E-state index in [2.05, 4.69) is 69.5 Å². The molecule has 10 aromatic rings. The summed E-state index contributed by atoms with van der Waals surface area (Å²) < 4.78 is 86.1. The van der Waals surface area contributed by atoms with Gasteiger partial charge < -0.3 is 0 Å². The van der Waals surface area contributed by atoms with Crippen molar-refractivity contribution in [3.8, 4) is 78.4 Å². The molecule has 342 valence electrons. The van der Waals surface area contributed by atoms with Crippen molar-refractivity contribution >= 4 is 0 Å². The smallest absolute Gasteiger partial charge is 0.153 e. The summed E-state index contributed by atoms with van der Waals surface area (Å²) in [4.78, 5) is 17.7. The minimum Gasteiger partial charge on any atom is -0.256 e. The Kier molecular flexibility index (Phi) is 12.9. The van der Waals surface area contributed by atoms with E-state index in [0.29, 0.717) is 42.6 Å². The Labute approximate surface area is 400 Å². The highest BCUT2D eigenvalue weighted by atomic mass is 19.2. The quantitative estimate of drug-likeness (QED) is 0.108. The molecule has 70 heavy (non-hydrogen) atoms. The molecular weight excluding hydrogens is 891 g/mol. The summed E-state index contributed by atoms with van der Waals surface area (Å²) in [5, 5.41) is 0. The van der Waals surface area contributed by atoms with Gasteiger partial charge in [0, 0.05) is 47.4 Å². The number of benzene rings is 6. The van der Waals surface area contributed by atoms with E-state index in [1.165, 1.54) is 36.4 Å². The molecule has 0 N–H and O–H groups in total. The van der Waals surface area contributed by atoms with E-state index < -0.39 is 29.1 Å². The fourth-order valence-electron chi connectivity index (χ4n) is 8.68. The van der Waals surface area contributed by atoms with Gasteiger partial charge in [-0.25, -0.2) is 31.3 Å². The maximum Gasteiger partial charge on any atom is 0.153 e. The van der Waals surface area contributed by atoms with Gasteiger partial charge in [0.15, 0.2) is 5.82 Å². The molecule has 0 unspecified atom stereocenters. The topological polar surface area (TPSA) is 51.6 Å². The number of aromatic nitrogens is 4. The van der Waals surface area contributed by atoms with Gasteiger partial charge in [-0.15, -0.1) is 0 Å². The van der Waals surface area contributed by atoms with Crippen LogP contribution >= 0.6 is 0 Å². The van der Waals surface area contributed by atoms with Gasteiger partial charge in [-0.2, -0.15) is 0 Å². The van der Waals surface area contributed by atoms with E-state index in [0.717, 1.165) is 85.1 Å². The third-order valence-electron chi connectivity index (χ3n) is 12.3. The van der Waals surface area contributed by atoms with Crippen LogP contribution in [-0.4, -0.2) is 19.9 Å². The molecule has 0 fully saturated rings. The predicted octanol–water partition coefficient (Wildman–Crippen LogP) is 15.3. The van der Waals surface area contributed by atoms with Crippen molar-refractivity contribution < 1.29 is 26.3 Å². The van der Waals surface area contributed by atoms with Gasteiger partial charge in [0.1, 0.15) is 34.8 Å². The number of nitrogens with zero attached hydrogens (tertiary/aromatic N) is 4. The van der Waals surface area contributed by atoms with Crippen molar-refractivity contribution in [2.75, 3.05) is 0 Å². The summed E-state index contributed by atoms with van der Waals surface area (Å²) in [6, 6.07) is 48.8. The summed E-state index contributed by atoms with van der Waals surface area (Å²) in [7, 11) is 0. The van der Waals surface area contributed by atoms with Crippen LogP contribution < -0.4 is 0 Å². The second-order valence-electron chi connectivity index (χ2n) is 17.0. The van der Waals surface area contributed by atoms with E-state index in [-0.39, 0.29) is 22.8 Å². The van der Waals surface area contributed by atoms with Crippen LogP contribution in [0.25, 0.3) is 78.4 Å². The molecule has 0 spiro atoms. The highest BCUT2D eigenvalue weighted by Crippen LogP contribution is 2.41. The zero-order valence-electron chi connectivity index (χ0n) is 37.4. The highest BCUT2D eigenvalue weighted by molar-refractivity contribution is 5.93. The molecule has 4 aromatic heterocycles. The fraction of sp³-hybridized carbons (Fsp3) is 0.0667. The second kappa shape index (κ2) is 20.0. The van der Waals surface area contributed by atoms with Gasteiger partial charge >= 0.3 is 0 Å². The molecule has 4 nitrogen and oxygen atoms in total. The van der Waals surface area contributed by atoms with Crippen LogP contribution in [0.5, 0.6) is 0 Å². The van der Waals surface area contributed by atoms with Crippen LogP contribution in [0.3, 0.4) is 0 Å². The van der Waals surface area contributed by atoms with E-state index in [9.17, 15) is 22.0 Å². The average Bonchev–Trinajstić information content (AvgIpc) is 3.38. The predicted molar refractivity (Wildman–Crippen MR) is 263 cm³/mol. The normalized spacial score (nSPS) is 11.2. The average molecular weight is 931 g/mol. The number of pyridine rings is 4. The summed E-state index contributed by atoms with van der Waals surface area (Å²) in [5.74, 6) is -3.71. The third-order valence-corrected chi connectivity index (χ3v) is 12.3. The molecule has 0 atom stereocenters. The van der Waals surface area contributed by atoms with Crippen molar-refractivity contribution in [1.29, 1.82) is 0 Å². The maximum atomic E-state index is 15.7. The minimum absolute atomic E-state index is 0.0451. The van der Waals surface area contributed by atoms with Crippen LogP contribution in [0.4, 0.5) is 26.3 Å². The van der Waals surface area contributed by atoms with Gasteiger partial charge in [-0.3, -0.25) is 15.0 Å². The first kappa shape index (κ1) is 45.3. The number of hydrogen-bond acceptors (Lipinski definition) is 4. The maximum absolute atomic E-state index is 15.7. The van der Waals surface area contributed by atoms with E-state index in [4.69, 9.17) is 4.98 Å². The van der Waals surface area contributed by atoms with E-state index in [1.54, 1.807) is 48.9 Å². The Hall–Kier alpha value is -8.50. The van der Waals surface area contributed by atoms with Crippen molar-refractivity contribution in [3.05, 3.63) is 252 Å². The first-order chi connectivity index (χ1) is 34.1. The zero-order valence-corrected chi connectivity index (χ0v) is 37.4. The standard InChI is InChI=1S/C60H40F6N4/c61-46-18-16-44(17-19-46)59-32-53(43-14-12-42(13-15-43)41-4-2-1-3-5-41)54(36-69-59)50-22-20-47(62)29-52(50)45-27-39(8-6-37-10-24-57(67-33-37)51-23-21-48(63)30-55(51)65)26-40(28-45)9-7-38-11-25-58(68-34-38)60-56(66)31-49(64)35-70-60/h1-5,10-36H,6-9H2. The summed E-state index contributed by atoms with van der Waals surface area (Å²) in [5.41, 5.74) is 12.8. The van der Waals surface area contributed by atoms with Gasteiger partial charge in [0.2, 0.25) is 0 Å². The van der Waals surface area contributed by atoms with Gasteiger partial charge in [0.25, 0.3) is 0 Å². The van der Waals surface area contributed by atoms with E-state index in [1.807, 2.05) is 36.4 Å². The van der Waals surface area contributed by atoms with Crippen molar-refractivity contribution in [2.24, 2.45) is 0 Å². The Morgan fingerprint density at radius 2 is 0.814 bits per heavy atom. The minimum atomic E-state index is -0.803. The van der Waals surface area contributed by atoms with Crippen molar-refractivity contribution in [1.82, 2.24) is 19.9 Å². The molecule has 0 aliphatic rings. The Bertz CT molecular complexity index is 3360. The third kappa shape index (κ3) is 10.2. The van der Waals surface area contributed by atoms with Gasteiger partial charge in [-0.1, -0.05) is 91.0 Å². The van der Waals surface area contributed by atoms with Crippen molar-refractivity contribution in [3.63, 3.8) is 0 Å². The Balaban J connectivity index is 1.02. The van der Waals surface area contributed by atoms with Crippen molar-refractivity contribution in [2.45, 2.75) is 25.7 Å². The lowest BCUT2D eigenvalue weighted by atomic mass is 9.87. The van der Waals surface area contributed by atoms with Crippen LogP contribution in [0.1, 0.15) is 22.3 Å². The molecule has 6 aromatic carbocycles. The molecule has 4 heterocycles. The van der Waals surface area contributed by atoms with E-state index >= 15 is 4.39 Å². The molecule has 10 rings (SSSR count). The van der Waals surface area contributed by atoms with Crippen LogP contribution in [0.15, 0.2) is 195 Å². The monoisotopic (exact) mass is 930 g/mol. The van der Waals surface area contributed by atoms with Gasteiger partial charge in [0.05, 0.1) is 23.3 Å². The Morgan fingerprint density at radius 3 is 1.46 bits per heavy atom. The summed E-state index contributed by atoms with van der Waals surface area (Å²) in [6.07, 6.45) is 8.38. The highest BCUT2D eigenvalue weighted by Gasteiger charge is 2.19. The number of rotatable bonds is 13. The summed E-state index contributed by atoms with van der Waals surface area (Å²) >= 11 is 0. The van der Waals surface area contributed by atoms with Crippen LogP contribution in [-0.2, 0) is 25.7 Å². The molecule has 0 bridgehead atoms. The Morgan fingerprint density at radius 1 is 0.271 bits per heavy atom. The summed E-state index contributed by atoms with van der Waals surface area (Å²) in [6.45, 7) is 0. The molecule has 0 aliphatic carbocycles. The zero-order chi connectivity index (χ0) is 48.1.